The number of carbonyl (C=O) groups is 1. The van der Waals surface area contributed by atoms with Gasteiger partial charge in [-0.25, -0.2) is 4.39 Å². The first-order valence-corrected chi connectivity index (χ1v) is 11.4. The highest BCUT2D eigenvalue weighted by atomic mass is 19.1. The lowest BCUT2D eigenvalue weighted by Crippen LogP contribution is -2.35. The molecule has 0 saturated carbocycles. The van der Waals surface area contributed by atoms with Crippen molar-refractivity contribution in [1.29, 1.82) is 0 Å². The zero-order chi connectivity index (χ0) is 22.8. The van der Waals surface area contributed by atoms with Crippen molar-refractivity contribution in [1.82, 2.24) is 14.9 Å². The van der Waals surface area contributed by atoms with Crippen LogP contribution in [0.4, 0.5) is 10.1 Å². The van der Waals surface area contributed by atoms with Gasteiger partial charge in [0.15, 0.2) is 0 Å². The van der Waals surface area contributed by atoms with Gasteiger partial charge in [-0.05, 0) is 75.3 Å². The molecule has 1 unspecified atom stereocenters. The maximum Gasteiger partial charge on any atom is 0.258 e. The molecule has 1 fully saturated rings. The molecule has 2 N–H and O–H groups in total. The van der Waals surface area contributed by atoms with E-state index < -0.39 is 11.7 Å². The van der Waals surface area contributed by atoms with Gasteiger partial charge in [0.1, 0.15) is 5.82 Å². The van der Waals surface area contributed by atoms with E-state index >= 15 is 0 Å². The fourth-order valence-corrected chi connectivity index (χ4v) is 4.85. The largest absolute Gasteiger partial charge is 0.358 e. The van der Waals surface area contributed by atoms with Crippen molar-refractivity contribution in [3.05, 3.63) is 95.2 Å². The number of carbonyl (C=O) groups excluding carboxylic acids is 1. The number of aryl methyl sites for hydroxylation is 1. The van der Waals surface area contributed by atoms with E-state index in [1.54, 1.807) is 12.1 Å². The first-order chi connectivity index (χ1) is 16.1. The fraction of sp³-hybridized carbons (Fsp3) is 0.259. The number of nitrogens with zero attached hydrogens (tertiary/aromatic N) is 2. The number of rotatable bonds is 5. The molecule has 33 heavy (non-hydrogen) atoms. The summed E-state index contributed by atoms with van der Waals surface area (Å²) in [6, 6.07) is 17.9. The summed E-state index contributed by atoms with van der Waals surface area (Å²) in [7, 11) is 0. The van der Waals surface area contributed by atoms with Gasteiger partial charge in [-0.2, -0.15) is 0 Å². The second kappa shape index (κ2) is 9.16. The van der Waals surface area contributed by atoms with Crippen LogP contribution >= 0.6 is 0 Å². The van der Waals surface area contributed by atoms with Crippen LogP contribution in [0.15, 0.2) is 66.9 Å². The standard InChI is InChI=1S/C27H27FN4O/c1-18-25(26(24-11-5-6-14-29-24)32-15-7-2-8-16-32)21-17-19(12-13-23(21)30-18)31-27(33)20-9-3-4-10-22(20)28/h3-6,9-14,17,26,30H,2,7-8,15-16H2,1H3,(H,31,33). The van der Waals surface area contributed by atoms with Gasteiger partial charge in [-0.15, -0.1) is 0 Å². The highest BCUT2D eigenvalue weighted by molar-refractivity contribution is 6.05. The molecule has 1 atom stereocenters. The highest BCUT2D eigenvalue weighted by Gasteiger charge is 2.29. The number of hydrogen-bond acceptors (Lipinski definition) is 3. The van der Waals surface area contributed by atoms with Crippen LogP contribution in [0.3, 0.4) is 0 Å². The van der Waals surface area contributed by atoms with Crippen molar-refractivity contribution in [3.8, 4) is 0 Å². The van der Waals surface area contributed by atoms with Crippen molar-refractivity contribution in [2.45, 2.75) is 32.2 Å². The molecule has 1 saturated heterocycles. The molecule has 0 bridgehead atoms. The maximum atomic E-state index is 14.1. The lowest BCUT2D eigenvalue weighted by molar-refractivity contribution is 0.102. The Labute approximate surface area is 192 Å². The van der Waals surface area contributed by atoms with E-state index in [1.807, 2.05) is 36.5 Å². The smallest absolute Gasteiger partial charge is 0.258 e. The lowest BCUT2D eigenvalue weighted by atomic mass is 9.95. The van der Waals surface area contributed by atoms with Gasteiger partial charge in [0, 0.05) is 34.0 Å². The number of benzene rings is 2. The van der Waals surface area contributed by atoms with Crippen molar-refractivity contribution in [2.75, 3.05) is 18.4 Å². The van der Waals surface area contributed by atoms with Gasteiger partial charge in [0.25, 0.3) is 5.91 Å². The molecule has 1 aliphatic heterocycles. The molecule has 5 rings (SSSR count). The molecule has 0 radical (unpaired) electrons. The Bertz CT molecular complexity index is 1280. The zero-order valence-electron chi connectivity index (χ0n) is 18.6. The monoisotopic (exact) mass is 442 g/mol. The number of fused-ring (bicyclic) bond motifs is 1. The summed E-state index contributed by atoms with van der Waals surface area (Å²) in [4.78, 5) is 23.4. The average molecular weight is 443 g/mol. The third-order valence-corrected chi connectivity index (χ3v) is 6.41. The topological polar surface area (TPSA) is 61.0 Å². The Hall–Kier alpha value is -3.51. The number of aromatic amines is 1. The summed E-state index contributed by atoms with van der Waals surface area (Å²) in [5.41, 5.74) is 4.95. The molecule has 4 aromatic rings. The average Bonchev–Trinajstić information content (AvgIpc) is 3.16. The number of anilines is 1. The quantitative estimate of drug-likeness (QED) is 0.408. The molecular weight excluding hydrogens is 415 g/mol. The van der Waals surface area contributed by atoms with Crippen LogP contribution < -0.4 is 5.32 Å². The number of nitrogens with one attached hydrogen (secondary N) is 2. The summed E-state index contributed by atoms with van der Waals surface area (Å²) >= 11 is 0. The van der Waals surface area contributed by atoms with Gasteiger partial charge in [-0.3, -0.25) is 14.7 Å². The van der Waals surface area contributed by atoms with E-state index in [4.69, 9.17) is 4.98 Å². The van der Waals surface area contributed by atoms with Crippen LogP contribution in [0, 0.1) is 12.7 Å². The van der Waals surface area contributed by atoms with Gasteiger partial charge in [0.05, 0.1) is 17.3 Å². The highest BCUT2D eigenvalue weighted by Crippen LogP contribution is 2.37. The molecular formula is C27H27FN4O. The number of pyridine rings is 1. The van der Waals surface area contributed by atoms with Crippen molar-refractivity contribution >= 4 is 22.5 Å². The molecule has 1 amide bonds. The minimum atomic E-state index is -0.533. The SMILES string of the molecule is Cc1[nH]c2ccc(NC(=O)c3ccccc3F)cc2c1C(c1ccccn1)N1CCCCC1. The van der Waals surface area contributed by atoms with Crippen molar-refractivity contribution < 1.29 is 9.18 Å². The first-order valence-electron chi connectivity index (χ1n) is 11.4. The van der Waals surface area contributed by atoms with Gasteiger partial charge in [-0.1, -0.05) is 24.6 Å². The Balaban J connectivity index is 1.56. The summed E-state index contributed by atoms with van der Waals surface area (Å²) in [5.74, 6) is -0.992. The summed E-state index contributed by atoms with van der Waals surface area (Å²) in [6.45, 7) is 4.14. The van der Waals surface area contributed by atoms with Gasteiger partial charge in [0.2, 0.25) is 0 Å². The van der Waals surface area contributed by atoms with Gasteiger partial charge < -0.3 is 10.3 Å². The Kier molecular flexibility index (Phi) is 5.92. The molecule has 3 heterocycles. The predicted molar refractivity (Wildman–Crippen MR) is 129 cm³/mol. The maximum absolute atomic E-state index is 14.1. The van der Waals surface area contributed by atoms with Crippen LogP contribution in [0.25, 0.3) is 10.9 Å². The molecule has 168 valence electrons. The normalized spacial score (nSPS) is 15.5. The number of halogens is 1. The van der Waals surface area contributed by atoms with E-state index in [9.17, 15) is 9.18 Å². The number of piperidine rings is 1. The Morgan fingerprint density at radius 1 is 1.06 bits per heavy atom. The third-order valence-electron chi connectivity index (χ3n) is 6.41. The molecule has 1 aliphatic rings. The van der Waals surface area contributed by atoms with Gasteiger partial charge >= 0.3 is 0 Å². The minimum absolute atomic E-state index is 0.0257. The summed E-state index contributed by atoms with van der Waals surface area (Å²) in [5, 5.41) is 3.91. The van der Waals surface area contributed by atoms with E-state index in [0.717, 1.165) is 35.4 Å². The Morgan fingerprint density at radius 3 is 2.61 bits per heavy atom. The zero-order valence-corrected chi connectivity index (χ0v) is 18.6. The van der Waals surface area contributed by atoms with E-state index in [-0.39, 0.29) is 11.6 Å². The number of aromatic nitrogens is 2. The molecule has 5 nitrogen and oxygen atoms in total. The van der Waals surface area contributed by atoms with Crippen LogP contribution in [0.5, 0.6) is 0 Å². The fourth-order valence-electron chi connectivity index (χ4n) is 4.85. The van der Waals surface area contributed by atoms with E-state index in [2.05, 4.69) is 28.2 Å². The number of likely N-dealkylation sites (tertiary alicyclic amines) is 1. The number of H-pyrrole nitrogens is 1. The van der Waals surface area contributed by atoms with E-state index in [0.29, 0.717) is 5.69 Å². The second-order valence-electron chi connectivity index (χ2n) is 8.61. The molecule has 0 aliphatic carbocycles. The van der Waals surface area contributed by atoms with Crippen LogP contribution in [0.1, 0.15) is 52.6 Å². The number of hydrogen-bond donors (Lipinski definition) is 2. The Morgan fingerprint density at radius 2 is 1.85 bits per heavy atom. The minimum Gasteiger partial charge on any atom is -0.358 e. The van der Waals surface area contributed by atoms with Crippen LogP contribution in [-0.2, 0) is 0 Å². The van der Waals surface area contributed by atoms with Crippen molar-refractivity contribution in [2.24, 2.45) is 0 Å². The number of amides is 1. The van der Waals surface area contributed by atoms with E-state index in [1.165, 1.54) is 37.0 Å². The predicted octanol–water partition coefficient (Wildman–Crippen LogP) is 5.84. The molecule has 0 spiro atoms. The lowest BCUT2D eigenvalue weighted by Gasteiger charge is -2.34. The molecule has 2 aromatic heterocycles. The molecule has 6 heteroatoms. The first kappa shape index (κ1) is 21.3. The second-order valence-corrected chi connectivity index (χ2v) is 8.61. The summed E-state index contributed by atoms with van der Waals surface area (Å²) < 4.78 is 14.1. The molecule has 2 aromatic carbocycles. The van der Waals surface area contributed by atoms with Crippen LogP contribution in [-0.4, -0.2) is 33.9 Å². The third kappa shape index (κ3) is 4.26. The van der Waals surface area contributed by atoms with Crippen molar-refractivity contribution in [3.63, 3.8) is 0 Å². The van der Waals surface area contributed by atoms with Crippen LogP contribution in [0.2, 0.25) is 0 Å². The summed E-state index contributed by atoms with van der Waals surface area (Å²) in [6.07, 6.45) is 5.45.